The van der Waals surface area contributed by atoms with E-state index in [1.54, 1.807) is 20.2 Å². The SMILES string of the molecule is COCC(C)C(=O)Nc1cnc(C)cn1. The van der Waals surface area contributed by atoms with Crippen molar-refractivity contribution in [2.45, 2.75) is 13.8 Å². The lowest BCUT2D eigenvalue weighted by atomic mass is 10.2. The lowest BCUT2D eigenvalue weighted by Crippen LogP contribution is -2.24. The summed E-state index contributed by atoms with van der Waals surface area (Å²) in [6, 6.07) is 0. The fourth-order valence-electron chi connectivity index (χ4n) is 1.03. The third-order valence-corrected chi connectivity index (χ3v) is 1.90. The molecule has 1 rings (SSSR count). The first-order valence-electron chi connectivity index (χ1n) is 4.72. The van der Waals surface area contributed by atoms with Crippen LogP contribution >= 0.6 is 0 Å². The van der Waals surface area contributed by atoms with Gasteiger partial charge in [-0.2, -0.15) is 0 Å². The largest absolute Gasteiger partial charge is 0.384 e. The van der Waals surface area contributed by atoms with Crippen molar-refractivity contribution in [2.75, 3.05) is 19.0 Å². The Morgan fingerprint density at radius 1 is 1.53 bits per heavy atom. The Hall–Kier alpha value is -1.49. The molecule has 0 spiro atoms. The number of ether oxygens (including phenoxy) is 1. The summed E-state index contributed by atoms with van der Waals surface area (Å²) in [4.78, 5) is 19.6. The number of carbonyl (C=O) groups is 1. The van der Waals surface area contributed by atoms with E-state index in [-0.39, 0.29) is 11.8 Å². The van der Waals surface area contributed by atoms with Gasteiger partial charge in [0.15, 0.2) is 5.82 Å². The van der Waals surface area contributed by atoms with Gasteiger partial charge in [0.2, 0.25) is 5.91 Å². The Kier molecular flexibility index (Phi) is 4.17. The van der Waals surface area contributed by atoms with Crippen LogP contribution in [-0.2, 0) is 9.53 Å². The molecule has 1 heterocycles. The number of nitrogens with zero attached hydrogens (tertiary/aromatic N) is 2. The molecule has 1 atom stereocenters. The highest BCUT2D eigenvalue weighted by Crippen LogP contribution is 2.04. The maximum absolute atomic E-state index is 11.5. The number of carbonyl (C=O) groups excluding carboxylic acids is 1. The van der Waals surface area contributed by atoms with Crippen LogP contribution in [0.1, 0.15) is 12.6 Å². The van der Waals surface area contributed by atoms with E-state index in [1.165, 1.54) is 6.20 Å². The fraction of sp³-hybridized carbons (Fsp3) is 0.500. The molecule has 0 aliphatic rings. The number of anilines is 1. The number of aromatic nitrogens is 2. The van der Waals surface area contributed by atoms with E-state index in [1.807, 2.05) is 6.92 Å². The monoisotopic (exact) mass is 209 g/mol. The van der Waals surface area contributed by atoms with Crippen molar-refractivity contribution in [2.24, 2.45) is 5.92 Å². The standard InChI is InChI=1S/C10H15N3O2/c1-7(6-15-3)10(14)13-9-5-11-8(2)4-12-9/h4-5,7H,6H2,1-3H3,(H,12,13,14). The van der Waals surface area contributed by atoms with Gasteiger partial charge >= 0.3 is 0 Å². The number of hydrogen-bond donors (Lipinski definition) is 1. The molecule has 15 heavy (non-hydrogen) atoms. The van der Waals surface area contributed by atoms with Gasteiger partial charge in [0, 0.05) is 7.11 Å². The summed E-state index contributed by atoms with van der Waals surface area (Å²) in [5, 5.41) is 2.66. The summed E-state index contributed by atoms with van der Waals surface area (Å²) >= 11 is 0. The summed E-state index contributed by atoms with van der Waals surface area (Å²) in [7, 11) is 1.56. The average Bonchev–Trinajstić information content (AvgIpc) is 2.22. The highest BCUT2D eigenvalue weighted by molar-refractivity contribution is 5.91. The van der Waals surface area contributed by atoms with E-state index in [0.29, 0.717) is 12.4 Å². The zero-order chi connectivity index (χ0) is 11.3. The van der Waals surface area contributed by atoms with Crippen LogP contribution in [0.5, 0.6) is 0 Å². The molecule has 1 unspecified atom stereocenters. The number of nitrogens with one attached hydrogen (secondary N) is 1. The van der Waals surface area contributed by atoms with Gasteiger partial charge in [0.05, 0.1) is 30.6 Å². The summed E-state index contributed by atoms with van der Waals surface area (Å²) < 4.78 is 4.88. The molecule has 0 aliphatic carbocycles. The van der Waals surface area contributed by atoms with Gasteiger partial charge in [-0.1, -0.05) is 6.92 Å². The highest BCUT2D eigenvalue weighted by atomic mass is 16.5. The van der Waals surface area contributed by atoms with E-state index in [9.17, 15) is 4.79 Å². The first-order chi connectivity index (χ1) is 7.13. The fourth-order valence-corrected chi connectivity index (χ4v) is 1.03. The molecule has 82 valence electrons. The zero-order valence-corrected chi connectivity index (χ0v) is 9.15. The normalized spacial score (nSPS) is 12.2. The van der Waals surface area contributed by atoms with Crippen LogP contribution in [0.2, 0.25) is 0 Å². The molecule has 1 aromatic rings. The molecule has 1 N–H and O–H groups in total. The predicted octanol–water partition coefficient (Wildman–Crippen LogP) is 1.01. The molecular formula is C10H15N3O2. The van der Waals surface area contributed by atoms with Crippen molar-refractivity contribution < 1.29 is 9.53 Å². The van der Waals surface area contributed by atoms with Crippen molar-refractivity contribution in [1.29, 1.82) is 0 Å². The Balaban J connectivity index is 2.54. The minimum absolute atomic E-state index is 0.116. The molecule has 1 aromatic heterocycles. The summed E-state index contributed by atoms with van der Waals surface area (Å²) in [5.41, 5.74) is 0.818. The first-order valence-corrected chi connectivity index (χ1v) is 4.72. The predicted molar refractivity (Wildman–Crippen MR) is 56.4 cm³/mol. The average molecular weight is 209 g/mol. The van der Waals surface area contributed by atoms with Crippen LogP contribution in [0.15, 0.2) is 12.4 Å². The maximum atomic E-state index is 11.5. The van der Waals surface area contributed by atoms with Gasteiger partial charge in [-0.25, -0.2) is 4.98 Å². The van der Waals surface area contributed by atoms with Crippen LogP contribution in [0.4, 0.5) is 5.82 Å². The van der Waals surface area contributed by atoms with Crippen LogP contribution in [0, 0.1) is 12.8 Å². The van der Waals surface area contributed by atoms with Crippen molar-refractivity contribution in [3.8, 4) is 0 Å². The van der Waals surface area contributed by atoms with Gasteiger partial charge in [-0.15, -0.1) is 0 Å². The minimum atomic E-state index is -0.196. The van der Waals surface area contributed by atoms with Gasteiger partial charge < -0.3 is 10.1 Å². The number of aryl methyl sites for hydroxylation is 1. The van der Waals surface area contributed by atoms with Crippen molar-refractivity contribution in [3.63, 3.8) is 0 Å². The van der Waals surface area contributed by atoms with Crippen molar-refractivity contribution in [1.82, 2.24) is 9.97 Å². The summed E-state index contributed by atoms with van der Waals surface area (Å²) in [5.74, 6) is 0.154. The molecule has 0 saturated heterocycles. The summed E-state index contributed by atoms with van der Waals surface area (Å²) in [6.07, 6.45) is 3.14. The minimum Gasteiger partial charge on any atom is -0.384 e. The molecule has 0 radical (unpaired) electrons. The molecule has 0 saturated carbocycles. The maximum Gasteiger partial charge on any atom is 0.230 e. The number of hydrogen-bond acceptors (Lipinski definition) is 4. The van der Waals surface area contributed by atoms with E-state index < -0.39 is 0 Å². The molecule has 1 amide bonds. The van der Waals surface area contributed by atoms with Crippen LogP contribution in [0.25, 0.3) is 0 Å². The lowest BCUT2D eigenvalue weighted by molar-refractivity contribution is -0.120. The van der Waals surface area contributed by atoms with Crippen LogP contribution in [0.3, 0.4) is 0 Å². The number of rotatable bonds is 4. The van der Waals surface area contributed by atoms with Gasteiger partial charge in [0.25, 0.3) is 0 Å². The van der Waals surface area contributed by atoms with Gasteiger partial charge in [-0.05, 0) is 6.92 Å². The Morgan fingerprint density at radius 3 is 2.80 bits per heavy atom. The molecule has 0 fully saturated rings. The third kappa shape index (κ3) is 3.63. The Bertz CT molecular complexity index is 324. The first kappa shape index (κ1) is 11.6. The second kappa shape index (κ2) is 5.41. The molecule has 0 bridgehead atoms. The second-order valence-electron chi connectivity index (χ2n) is 3.39. The molecule has 5 heteroatoms. The smallest absolute Gasteiger partial charge is 0.230 e. The lowest BCUT2D eigenvalue weighted by Gasteiger charge is -2.09. The molecule has 0 aromatic carbocycles. The Labute approximate surface area is 88.9 Å². The highest BCUT2D eigenvalue weighted by Gasteiger charge is 2.12. The topological polar surface area (TPSA) is 64.1 Å². The number of methoxy groups -OCH3 is 1. The Morgan fingerprint density at radius 2 is 2.27 bits per heavy atom. The van der Waals surface area contributed by atoms with Gasteiger partial charge in [0.1, 0.15) is 0 Å². The zero-order valence-electron chi connectivity index (χ0n) is 9.15. The van der Waals surface area contributed by atoms with E-state index >= 15 is 0 Å². The van der Waals surface area contributed by atoms with Crippen molar-refractivity contribution in [3.05, 3.63) is 18.1 Å². The van der Waals surface area contributed by atoms with E-state index in [4.69, 9.17) is 4.74 Å². The van der Waals surface area contributed by atoms with Crippen LogP contribution in [-0.4, -0.2) is 29.6 Å². The molecule has 5 nitrogen and oxygen atoms in total. The van der Waals surface area contributed by atoms with E-state index in [2.05, 4.69) is 15.3 Å². The van der Waals surface area contributed by atoms with E-state index in [0.717, 1.165) is 5.69 Å². The summed E-state index contributed by atoms with van der Waals surface area (Å²) in [6.45, 7) is 4.03. The third-order valence-electron chi connectivity index (χ3n) is 1.90. The van der Waals surface area contributed by atoms with Crippen molar-refractivity contribution >= 4 is 11.7 Å². The quantitative estimate of drug-likeness (QED) is 0.803. The van der Waals surface area contributed by atoms with Crippen LogP contribution < -0.4 is 5.32 Å². The number of amides is 1. The second-order valence-corrected chi connectivity index (χ2v) is 3.39. The molecule has 0 aliphatic heterocycles. The van der Waals surface area contributed by atoms with Gasteiger partial charge in [-0.3, -0.25) is 9.78 Å². The molecular weight excluding hydrogens is 194 g/mol.